The third-order valence-electron chi connectivity index (χ3n) is 1.25. The molecule has 44 valence electrons. The minimum Gasteiger partial charge on any atom is -0.487 e. The molecule has 0 aliphatic carbocycles. The Morgan fingerprint density at radius 1 is 1.75 bits per heavy atom. The number of rotatable bonds is 0. The van der Waals surface area contributed by atoms with Crippen LogP contribution in [-0.2, 0) is 4.74 Å². The van der Waals surface area contributed by atoms with Crippen LogP contribution >= 0.6 is 0 Å². The third kappa shape index (κ3) is 0.760. The van der Waals surface area contributed by atoms with Crippen molar-refractivity contribution in [2.75, 3.05) is 0 Å². The van der Waals surface area contributed by atoms with E-state index in [1.807, 2.05) is 13.8 Å². The summed E-state index contributed by atoms with van der Waals surface area (Å²) < 4.78 is 5.19. The second-order valence-electron chi connectivity index (χ2n) is 2.10. The molecule has 1 atom stereocenters. The molecule has 0 aromatic heterocycles. The molecule has 1 aliphatic rings. The predicted octanol–water partition coefficient (Wildman–Crippen LogP) is 1.87. The molecule has 8 heavy (non-hydrogen) atoms. The standard InChI is InChI=1S/C7H10O/c1-5-4-6(2)8-7(5)3/h4,6H,3H2,1-2H3/t6-/m0/s1. The van der Waals surface area contributed by atoms with Crippen molar-refractivity contribution >= 4 is 0 Å². The Morgan fingerprint density at radius 2 is 2.38 bits per heavy atom. The maximum atomic E-state index is 5.19. The summed E-state index contributed by atoms with van der Waals surface area (Å²) in [5, 5.41) is 0. The van der Waals surface area contributed by atoms with Gasteiger partial charge in [-0.05, 0) is 25.5 Å². The molecule has 0 bridgehead atoms. The molecular formula is C7H10O. The maximum absolute atomic E-state index is 5.19. The quantitative estimate of drug-likeness (QED) is 0.462. The summed E-state index contributed by atoms with van der Waals surface area (Å²) in [7, 11) is 0. The summed E-state index contributed by atoms with van der Waals surface area (Å²) in [6, 6.07) is 0. The van der Waals surface area contributed by atoms with E-state index in [0.29, 0.717) is 0 Å². The SMILES string of the molecule is C=C1O[C@@H](C)C=C1C. The van der Waals surface area contributed by atoms with Gasteiger partial charge in [-0.2, -0.15) is 0 Å². The molecule has 0 saturated heterocycles. The fourth-order valence-electron chi connectivity index (χ4n) is 0.796. The topological polar surface area (TPSA) is 9.23 Å². The van der Waals surface area contributed by atoms with Crippen LogP contribution < -0.4 is 0 Å². The zero-order valence-corrected chi connectivity index (χ0v) is 5.27. The van der Waals surface area contributed by atoms with Crippen LogP contribution in [0.3, 0.4) is 0 Å². The average Bonchev–Trinajstić information content (AvgIpc) is 1.85. The van der Waals surface area contributed by atoms with Gasteiger partial charge in [-0.25, -0.2) is 0 Å². The third-order valence-corrected chi connectivity index (χ3v) is 1.25. The zero-order valence-electron chi connectivity index (χ0n) is 5.27. The lowest BCUT2D eigenvalue weighted by atomic mass is 10.2. The van der Waals surface area contributed by atoms with Crippen LogP contribution in [0.4, 0.5) is 0 Å². The van der Waals surface area contributed by atoms with Crippen LogP contribution in [0.1, 0.15) is 13.8 Å². The molecule has 0 aromatic carbocycles. The monoisotopic (exact) mass is 110 g/mol. The Kier molecular flexibility index (Phi) is 1.12. The van der Waals surface area contributed by atoms with Gasteiger partial charge in [0.2, 0.25) is 0 Å². The molecule has 0 saturated carbocycles. The normalized spacial score (nSPS) is 27.5. The van der Waals surface area contributed by atoms with Gasteiger partial charge in [-0.1, -0.05) is 6.58 Å². The van der Waals surface area contributed by atoms with Gasteiger partial charge in [0.1, 0.15) is 11.9 Å². The van der Waals surface area contributed by atoms with E-state index in [9.17, 15) is 0 Å². The minimum absolute atomic E-state index is 0.238. The fraction of sp³-hybridized carbons (Fsp3) is 0.429. The first kappa shape index (κ1) is 5.42. The van der Waals surface area contributed by atoms with Crippen molar-refractivity contribution in [3.63, 3.8) is 0 Å². The highest BCUT2D eigenvalue weighted by Gasteiger charge is 2.11. The van der Waals surface area contributed by atoms with Gasteiger partial charge in [-0.3, -0.25) is 0 Å². The van der Waals surface area contributed by atoms with Crippen LogP contribution in [-0.4, -0.2) is 6.10 Å². The molecule has 0 spiro atoms. The molecule has 1 aliphatic heterocycles. The Bertz CT molecular complexity index is 144. The van der Waals surface area contributed by atoms with E-state index < -0.39 is 0 Å². The van der Waals surface area contributed by atoms with Gasteiger partial charge in [0.15, 0.2) is 0 Å². The summed E-state index contributed by atoms with van der Waals surface area (Å²) in [4.78, 5) is 0. The highest BCUT2D eigenvalue weighted by molar-refractivity contribution is 5.26. The molecule has 0 radical (unpaired) electrons. The second-order valence-corrected chi connectivity index (χ2v) is 2.10. The lowest BCUT2D eigenvalue weighted by Gasteiger charge is -2.00. The minimum atomic E-state index is 0.238. The van der Waals surface area contributed by atoms with Gasteiger partial charge in [0.25, 0.3) is 0 Å². The van der Waals surface area contributed by atoms with E-state index in [2.05, 4.69) is 12.7 Å². The van der Waals surface area contributed by atoms with Crippen molar-refractivity contribution in [1.29, 1.82) is 0 Å². The summed E-state index contributed by atoms with van der Waals surface area (Å²) in [5.41, 5.74) is 1.16. The van der Waals surface area contributed by atoms with E-state index in [-0.39, 0.29) is 6.10 Å². The number of hydrogen-bond donors (Lipinski definition) is 0. The molecule has 1 rings (SSSR count). The fourth-order valence-corrected chi connectivity index (χ4v) is 0.796. The number of allylic oxidation sites excluding steroid dienone is 1. The van der Waals surface area contributed by atoms with Gasteiger partial charge >= 0.3 is 0 Å². The van der Waals surface area contributed by atoms with E-state index in [1.165, 1.54) is 0 Å². The largest absolute Gasteiger partial charge is 0.487 e. The van der Waals surface area contributed by atoms with Gasteiger partial charge in [-0.15, -0.1) is 0 Å². The van der Waals surface area contributed by atoms with Crippen LogP contribution in [0.15, 0.2) is 24.0 Å². The van der Waals surface area contributed by atoms with Crippen molar-refractivity contribution in [2.45, 2.75) is 20.0 Å². The van der Waals surface area contributed by atoms with E-state index in [1.54, 1.807) is 0 Å². The van der Waals surface area contributed by atoms with Crippen LogP contribution in [0, 0.1) is 0 Å². The number of ether oxygens (including phenoxy) is 1. The average molecular weight is 110 g/mol. The predicted molar refractivity (Wildman–Crippen MR) is 33.4 cm³/mol. The molecular weight excluding hydrogens is 100 g/mol. The molecule has 0 aromatic rings. The molecule has 1 heteroatoms. The van der Waals surface area contributed by atoms with Crippen molar-refractivity contribution in [3.8, 4) is 0 Å². The highest BCUT2D eigenvalue weighted by atomic mass is 16.5. The summed E-state index contributed by atoms with van der Waals surface area (Å²) in [6.07, 6.45) is 2.30. The van der Waals surface area contributed by atoms with E-state index in [0.717, 1.165) is 11.3 Å². The first-order valence-corrected chi connectivity index (χ1v) is 2.74. The van der Waals surface area contributed by atoms with Gasteiger partial charge in [0.05, 0.1) is 0 Å². The van der Waals surface area contributed by atoms with Crippen molar-refractivity contribution in [1.82, 2.24) is 0 Å². The molecule has 0 fully saturated rings. The molecule has 0 N–H and O–H groups in total. The Morgan fingerprint density at radius 3 is 2.50 bits per heavy atom. The first-order valence-electron chi connectivity index (χ1n) is 2.74. The Labute approximate surface area is 49.7 Å². The maximum Gasteiger partial charge on any atom is 0.115 e. The van der Waals surface area contributed by atoms with E-state index in [4.69, 9.17) is 4.74 Å². The summed E-state index contributed by atoms with van der Waals surface area (Å²) in [5.74, 6) is 0.817. The molecule has 0 amide bonds. The van der Waals surface area contributed by atoms with Crippen LogP contribution in [0.5, 0.6) is 0 Å². The molecule has 1 nitrogen and oxygen atoms in total. The Hall–Kier alpha value is -0.720. The zero-order chi connectivity index (χ0) is 6.15. The molecule has 1 heterocycles. The lowest BCUT2D eigenvalue weighted by molar-refractivity contribution is 0.198. The van der Waals surface area contributed by atoms with Crippen molar-refractivity contribution in [2.24, 2.45) is 0 Å². The molecule has 0 unspecified atom stereocenters. The number of hydrogen-bond acceptors (Lipinski definition) is 1. The van der Waals surface area contributed by atoms with Crippen LogP contribution in [0.25, 0.3) is 0 Å². The van der Waals surface area contributed by atoms with Crippen LogP contribution in [0.2, 0.25) is 0 Å². The van der Waals surface area contributed by atoms with Crippen molar-refractivity contribution in [3.05, 3.63) is 24.0 Å². The smallest absolute Gasteiger partial charge is 0.115 e. The summed E-state index contributed by atoms with van der Waals surface area (Å²) >= 11 is 0. The lowest BCUT2D eigenvalue weighted by Crippen LogP contribution is -1.93. The highest BCUT2D eigenvalue weighted by Crippen LogP contribution is 2.19. The van der Waals surface area contributed by atoms with Crippen molar-refractivity contribution < 1.29 is 4.74 Å². The Balaban J connectivity index is 2.73. The first-order chi connectivity index (χ1) is 3.70. The van der Waals surface area contributed by atoms with Gasteiger partial charge in [0, 0.05) is 0 Å². The second kappa shape index (κ2) is 1.66. The van der Waals surface area contributed by atoms with E-state index >= 15 is 0 Å². The van der Waals surface area contributed by atoms with Gasteiger partial charge < -0.3 is 4.74 Å². The summed E-state index contributed by atoms with van der Waals surface area (Å²) in [6.45, 7) is 7.70.